The number of carbonyl (C=O) groups excluding carboxylic acids is 1. The van der Waals surface area contributed by atoms with E-state index < -0.39 is 17.9 Å². The van der Waals surface area contributed by atoms with Crippen molar-refractivity contribution in [2.75, 3.05) is 13.2 Å². The number of nitrogens with zero attached hydrogens (tertiary/aromatic N) is 2. The van der Waals surface area contributed by atoms with Gasteiger partial charge < -0.3 is 15.2 Å². The van der Waals surface area contributed by atoms with E-state index in [1.54, 1.807) is 24.9 Å². The number of ether oxygens (including phenoxy) is 1. The van der Waals surface area contributed by atoms with Crippen LogP contribution >= 0.6 is 0 Å². The third-order valence-electron chi connectivity index (χ3n) is 3.18. The van der Waals surface area contributed by atoms with Crippen LogP contribution in [0, 0.1) is 11.8 Å². The average Bonchev–Trinajstić information content (AvgIpc) is 2.78. The van der Waals surface area contributed by atoms with Crippen molar-refractivity contribution in [2.45, 2.75) is 33.7 Å². The minimum absolute atomic E-state index is 0.271. The molecule has 0 saturated carbocycles. The maximum absolute atomic E-state index is 11.8. The Bertz CT molecular complexity index is 511. The molecular formula is C15H25N3O4. The molecule has 0 bridgehead atoms. The van der Waals surface area contributed by atoms with Crippen molar-refractivity contribution in [3.05, 3.63) is 17.5 Å². The van der Waals surface area contributed by atoms with Crippen LogP contribution in [-0.2, 0) is 23.1 Å². The van der Waals surface area contributed by atoms with Crippen molar-refractivity contribution in [2.24, 2.45) is 18.9 Å². The van der Waals surface area contributed by atoms with Gasteiger partial charge in [-0.1, -0.05) is 13.8 Å². The number of esters is 1. The molecule has 0 radical (unpaired) electrons. The van der Waals surface area contributed by atoms with Crippen LogP contribution < -0.4 is 5.32 Å². The lowest BCUT2D eigenvalue weighted by atomic mass is 9.97. The summed E-state index contributed by atoms with van der Waals surface area (Å²) in [5, 5.41) is 16.4. The number of aliphatic carboxylic acids is 1. The summed E-state index contributed by atoms with van der Waals surface area (Å²) in [5.41, 5.74) is 0.974. The minimum atomic E-state index is -0.807. The second-order valence-corrected chi connectivity index (χ2v) is 5.69. The lowest BCUT2D eigenvalue weighted by Crippen LogP contribution is -2.29. The quantitative estimate of drug-likeness (QED) is 0.670. The van der Waals surface area contributed by atoms with E-state index in [2.05, 4.69) is 10.4 Å². The summed E-state index contributed by atoms with van der Waals surface area (Å²) in [6.45, 7) is 6.75. The maximum Gasteiger partial charge on any atom is 0.359 e. The highest BCUT2D eigenvalue weighted by molar-refractivity contribution is 5.88. The molecule has 1 unspecified atom stereocenters. The first-order chi connectivity index (χ1) is 10.3. The van der Waals surface area contributed by atoms with E-state index in [-0.39, 0.29) is 12.3 Å². The predicted molar refractivity (Wildman–Crippen MR) is 81.5 cm³/mol. The molecule has 0 aliphatic carbocycles. The SMILES string of the molecule is CCOC(=O)c1nn(C)cc1CNCC(CC(C)C)C(=O)O. The van der Waals surface area contributed by atoms with Crippen LogP contribution in [0.1, 0.15) is 43.2 Å². The lowest BCUT2D eigenvalue weighted by Gasteiger charge is -2.15. The molecule has 1 atom stereocenters. The van der Waals surface area contributed by atoms with Crippen molar-refractivity contribution in [3.63, 3.8) is 0 Å². The summed E-state index contributed by atoms with van der Waals surface area (Å²) in [6.07, 6.45) is 2.34. The first-order valence-corrected chi connectivity index (χ1v) is 7.48. The summed E-state index contributed by atoms with van der Waals surface area (Å²) in [6, 6.07) is 0. The zero-order chi connectivity index (χ0) is 16.7. The average molecular weight is 311 g/mol. The highest BCUT2D eigenvalue weighted by atomic mass is 16.5. The Labute approximate surface area is 130 Å². The third-order valence-corrected chi connectivity index (χ3v) is 3.18. The van der Waals surface area contributed by atoms with E-state index in [4.69, 9.17) is 4.74 Å². The van der Waals surface area contributed by atoms with Gasteiger partial charge in [0.15, 0.2) is 5.69 Å². The first-order valence-electron chi connectivity index (χ1n) is 7.48. The number of carbonyl (C=O) groups is 2. The van der Waals surface area contributed by atoms with E-state index in [0.717, 1.165) is 0 Å². The third kappa shape index (κ3) is 5.48. The summed E-state index contributed by atoms with van der Waals surface area (Å²) in [5.74, 6) is -1.39. The zero-order valence-corrected chi connectivity index (χ0v) is 13.6. The van der Waals surface area contributed by atoms with Crippen LogP contribution in [0.3, 0.4) is 0 Å². The van der Waals surface area contributed by atoms with Crippen LogP contribution in [0.4, 0.5) is 0 Å². The largest absolute Gasteiger partial charge is 0.481 e. The molecule has 7 nitrogen and oxygen atoms in total. The monoisotopic (exact) mass is 311 g/mol. The van der Waals surface area contributed by atoms with Crippen LogP contribution in [0.5, 0.6) is 0 Å². The fourth-order valence-electron chi connectivity index (χ4n) is 2.26. The van der Waals surface area contributed by atoms with Crippen LogP contribution in [0.2, 0.25) is 0 Å². The lowest BCUT2D eigenvalue weighted by molar-refractivity contribution is -0.142. The molecule has 22 heavy (non-hydrogen) atoms. The van der Waals surface area contributed by atoms with Crippen molar-refractivity contribution >= 4 is 11.9 Å². The van der Waals surface area contributed by atoms with E-state index in [9.17, 15) is 14.7 Å². The molecule has 0 aromatic carbocycles. The number of carboxylic acids is 1. The molecule has 1 heterocycles. The summed E-state index contributed by atoms with van der Waals surface area (Å²) in [4.78, 5) is 23.0. The fourth-order valence-corrected chi connectivity index (χ4v) is 2.26. The molecular weight excluding hydrogens is 286 g/mol. The Morgan fingerprint density at radius 2 is 2.14 bits per heavy atom. The van der Waals surface area contributed by atoms with Gasteiger partial charge in [-0.05, 0) is 19.3 Å². The van der Waals surface area contributed by atoms with Crippen molar-refractivity contribution in [1.82, 2.24) is 15.1 Å². The van der Waals surface area contributed by atoms with Gasteiger partial charge in [0.05, 0.1) is 12.5 Å². The second kappa shape index (κ2) is 8.53. The van der Waals surface area contributed by atoms with Gasteiger partial charge in [0.2, 0.25) is 0 Å². The van der Waals surface area contributed by atoms with E-state index in [1.165, 1.54) is 0 Å². The number of hydrogen-bond acceptors (Lipinski definition) is 5. The number of aromatic nitrogens is 2. The number of nitrogens with one attached hydrogen (secondary N) is 1. The topological polar surface area (TPSA) is 93.5 Å². The van der Waals surface area contributed by atoms with Crippen LogP contribution in [0.15, 0.2) is 6.20 Å². The number of rotatable bonds is 9. The zero-order valence-electron chi connectivity index (χ0n) is 13.6. The van der Waals surface area contributed by atoms with E-state index in [1.807, 2.05) is 13.8 Å². The van der Waals surface area contributed by atoms with Gasteiger partial charge in [-0.25, -0.2) is 4.79 Å². The highest BCUT2D eigenvalue weighted by Crippen LogP contribution is 2.12. The summed E-state index contributed by atoms with van der Waals surface area (Å²) >= 11 is 0. The van der Waals surface area contributed by atoms with Gasteiger partial charge in [-0.15, -0.1) is 0 Å². The molecule has 0 fully saturated rings. The molecule has 1 rings (SSSR count). The van der Waals surface area contributed by atoms with Gasteiger partial charge in [-0.2, -0.15) is 5.10 Å². The summed E-state index contributed by atoms with van der Waals surface area (Å²) in [7, 11) is 1.73. The molecule has 0 aliphatic heterocycles. The Balaban J connectivity index is 2.64. The van der Waals surface area contributed by atoms with Crippen molar-refractivity contribution in [3.8, 4) is 0 Å². The molecule has 0 amide bonds. The number of hydrogen-bond donors (Lipinski definition) is 2. The Morgan fingerprint density at radius 3 is 2.68 bits per heavy atom. The van der Waals surface area contributed by atoms with Crippen LogP contribution in [-0.4, -0.2) is 40.0 Å². The first kappa shape index (κ1) is 18.2. The smallest absolute Gasteiger partial charge is 0.359 e. The van der Waals surface area contributed by atoms with Gasteiger partial charge in [0.1, 0.15) is 0 Å². The Hall–Kier alpha value is -1.89. The summed E-state index contributed by atoms with van der Waals surface area (Å²) < 4.78 is 6.51. The second-order valence-electron chi connectivity index (χ2n) is 5.69. The van der Waals surface area contributed by atoms with Crippen molar-refractivity contribution < 1.29 is 19.4 Å². The Morgan fingerprint density at radius 1 is 1.45 bits per heavy atom. The maximum atomic E-state index is 11.8. The molecule has 124 valence electrons. The fraction of sp³-hybridized carbons (Fsp3) is 0.667. The van der Waals surface area contributed by atoms with Gasteiger partial charge in [-0.3, -0.25) is 9.48 Å². The molecule has 0 aliphatic rings. The van der Waals surface area contributed by atoms with E-state index >= 15 is 0 Å². The van der Waals surface area contributed by atoms with Gasteiger partial charge in [0, 0.05) is 31.9 Å². The number of aryl methyl sites for hydroxylation is 1. The molecule has 0 saturated heterocycles. The molecule has 1 aromatic rings. The molecule has 7 heteroatoms. The molecule has 2 N–H and O–H groups in total. The van der Waals surface area contributed by atoms with E-state index in [0.29, 0.717) is 31.0 Å². The highest BCUT2D eigenvalue weighted by Gasteiger charge is 2.20. The normalized spacial score (nSPS) is 12.4. The molecule has 0 spiro atoms. The van der Waals surface area contributed by atoms with Gasteiger partial charge >= 0.3 is 11.9 Å². The van der Waals surface area contributed by atoms with Gasteiger partial charge in [0.25, 0.3) is 0 Å². The number of carboxylic acid groups (broad SMARTS) is 1. The standard InChI is InChI=1S/C15H25N3O4/c1-5-22-15(21)13-12(9-18(4)17-13)8-16-7-11(14(19)20)6-10(2)3/h9-11,16H,5-8H2,1-4H3,(H,19,20). The predicted octanol–water partition coefficient (Wildman–Crippen LogP) is 1.43. The molecule has 1 aromatic heterocycles. The van der Waals surface area contributed by atoms with Crippen LogP contribution in [0.25, 0.3) is 0 Å². The van der Waals surface area contributed by atoms with Crippen molar-refractivity contribution in [1.29, 1.82) is 0 Å². The Kier molecular flexibility index (Phi) is 7.04. The minimum Gasteiger partial charge on any atom is -0.481 e.